The Morgan fingerprint density at radius 1 is 1.48 bits per heavy atom. The molecule has 0 radical (unpaired) electrons. The first kappa shape index (κ1) is 17.5. The van der Waals surface area contributed by atoms with Gasteiger partial charge in [0.1, 0.15) is 21.6 Å². The van der Waals surface area contributed by atoms with Crippen molar-refractivity contribution >= 4 is 33.2 Å². The SMILES string of the molecule is COC(=O)C(NS(=O)(=O)c1cccnc1C(N)=S)C(C)C. The van der Waals surface area contributed by atoms with Crippen LogP contribution in [-0.4, -0.2) is 37.5 Å². The Hall–Kier alpha value is -1.58. The number of ether oxygens (including phenoxy) is 1. The number of carbonyl (C=O) groups excluding carboxylic acids is 1. The van der Waals surface area contributed by atoms with Gasteiger partial charge >= 0.3 is 5.97 Å². The number of rotatable bonds is 6. The maximum Gasteiger partial charge on any atom is 0.324 e. The number of carbonyl (C=O) groups is 1. The zero-order valence-corrected chi connectivity index (χ0v) is 13.5. The van der Waals surface area contributed by atoms with Gasteiger partial charge in [-0.3, -0.25) is 9.78 Å². The molecule has 1 rings (SSSR count). The first-order chi connectivity index (χ1) is 9.70. The summed E-state index contributed by atoms with van der Waals surface area (Å²) in [6, 6.07) is 1.75. The number of esters is 1. The monoisotopic (exact) mass is 331 g/mol. The van der Waals surface area contributed by atoms with Crippen molar-refractivity contribution in [2.75, 3.05) is 7.11 Å². The molecule has 116 valence electrons. The molecule has 3 N–H and O–H groups in total. The third kappa shape index (κ3) is 4.19. The van der Waals surface area contributed by atoms with Crippen LogP contribution in [0.25, 0.3) is 0 Å². The summed E-state index contributed by atoms with van der Waals surface area (Å²) in [6.45, 7) is 3.39. The number of aromatic nitrogens is 1. The summed E-state index contributed by atoms with van der Waals surface area (Å²) in [7, 11) is -2.83. The van der Waals surface area contributed by atoms with E-state index in [-0.39, 0.29) is 21.5 Å². The normalized spacial score (nSPS) is 13.0. The van der Waals surface area contributed by atoms with Crippen LogP contribution in [0.3, 0.4) is 0 Å². The number of nitrogens with two attached hydrogens (primary N) is 1. The Kier molecular flexibility index (Phi) is 5.76. The van der Waals surface area contributed by atoms with E-state index in [1.807, 2.05) is 0 Å². The molecule has 0 amide bonds. The molecule has 1 unspecified atom stereocenters. The number of nitrogens with one attached hydrogen (secondary N) is 1. The minimum absolute atomic E-state index is 0.0210. The smallest absolute Gasteiger partial charge is 0.324 e. The van der Waals surface area contributed by atoms with Crippen molar-refractivity contribution in [3.63, 3.8) is 0 Å². The zero-order chi connectivity index (χ0) is 16.2. The van der Waals surface area contributed by atoms with Gasteiger partial charge in [0.05, 0.1) is 7.11 Å². The summed E-state index contributed by atoms with van der Waals surface area (Å²) in [5.74, 6) is -0.966. The highest BCUT2D eigenvalue weighted by Crippen LogP contribution is 2.15. The van der Waals surface area contributed by atoms with E-state index in [2.05, 4.69) is 14.4 Å². The molecule has 0 aliphatic rings. The van der Waals surface area contributed by atoms with Gasteiger partial charge in [-0.25, -0.2) is 8.42 Å². The number of pyridine rings is 1. The van der Waals surface area contributed by atoms with E-state index >= 15 is 0 Å². The van der Waals surface area contributed by atoms with Crippen LogP contribution in [-0.2, 0) is 19.6 Å². The van der Waals surface area contributed by atoms with Crippen LogP contribution >= 0.6 is 12.2 Å². The van der Waals surface area contributed by atoms with Crippen LogP contribution in [0.4, 0.5) is 0 Å². The number of sulfonamides is 1. The van der Waals surface area contributed by atoms with Crippen LogP contribution in [0, 0.1) is 5.92 Å². The molecule has 1 atom stereocenters. The van der Waals surface area contributed by atoms with E-state index < -0.39 is 22.0 Å². The Balaban J connectivity index is 3.23. The third-order valence-corrected chi connectivity index (χ3v) is 4.36. The van der Waals surface area contributed by atoms with E-state index in [9.17, 15) is 13.2 Å². The molecule has 9 heteroatoms. The Labute approximate surface area is 128 Å². The lowest BCUT2D eigenvalue weighted by Gasteiger charge is -2.20. The Morgan fingerprint density at radius 2 is 2.10 bits per heavy atom. The second kappa shape index (κ2) is 6.92. The maximum atomic E-state index is 12.4. The lowest BCUT2D eigenvalue weighted by atomic mass is 10.1. The predicted octanol–water partition coefficient (Wildman–Crippen LogP) is 0.192. The molecule has 1 aromatic rings. The number of methoxy groups -OCH3 is 1. The van der Waals surface area contributed by atoms with Gasteiger partial charge in [0.15, 0.2) is 0 Å². The summed E-state index contributed by atoms with van der Waals surface area (Å²) in [5, 5.41) is 0. The largest absolute Gasteiger partial charge is 0.468 e. The second-order valence-corrected chi connectivity index (χ2v) is 6.70. The molecular weight excluding hydrogens is 314 g/mol. The summed E-state index contributed by atoms with van der Waals surface area (Å²) in [5.41, 5.74) is 5.45. The van der Waals surface area contributed by atoms with Crippen LogP contribution in [0.2, 0.25) is 0 Å². The second-order valence-electron chi connectivity index (χ2n) is 4.58. The molecule has 0 bridgehead atoms. The Morgan fingerprint density at radius 3 is 2.57 bits per heavy atom. The summed E-state index contributed by atoms with van der Waals surface area (Å²) in [4.78, 5) is 15.2. The van der Waals surface area contributed by atoms with Crippen molar-refractivity contribution in [3.05, 3.63) is 24.0 Å². The molecule has 1 aromatic heterocycles. The van der Waals surface area contributed by atoms with Gasteiger partial charge in [0, 0.05) is 6.20 Å². The van der Waals surface area contributed by atoms with Crippen molar-refractivity contribution in [1.29, 1.82) is 0 Å². The van der Waals surface area contributed by atoms with Gasteiger partial charge in [-0.1, -0.05) is 26.1 Å². The number of hydrogen-bond donors (Lipinski definition) is 2. The number of nitrogens with zero attached hydrogens (tertiary/aromatic N) is 1. The highest BCUT2D eigenvalue weighted by atomic mass is 32.2. The fourth-order valence-corrected chi connectivity index (χ4v) is 3.34. The van der Waals surface area contributed by atoms with Gasteiger partial charge in [-0.15, -0.1) is 0 Å². The average molecular weight is 331 g/mol. The number of thiocarbonyl (C=S) groups is 1. The van der Waals surface area contributed by atoms with E-state index in [1.54, 1.807) is 13.8 Å². The third-order valence-electron chi connectivity index (χ3n) is 2.70. The Bertz CT molecular complexity index is 644. The van der Waals surface area contributed by atoms with Crippen molar-refractivity contribution < 1.29 is 17.9 Å². The zero-order valence-electron chi connectivity index (χ0n) is 11.9. The highest BCUT2D eigenvalue weighted by molar-refractivity contribution is 7.89. The molecule has 7 nitrogen and oxygen atoms in total. The highest BCUT2D eigenvalue weighted by Gasteiger charge is 2.30. The molecule has 0 aliphatic carbocycles. The first-order valence-corrected chi connectivity index (χ1v) is 7.94. The van der Waals surface area contributed by atoms with Crippen LogP contribution < -0.4 is 10.5 Å². The van der Waals surface area contributed by atoms with Gasteiger partial charge in [-0.2, -0.15) is 4.72 Å². The molecule has 0 fully saturated rings. The fraction of sp³-hybridized carbons (Fsp3) is 0.417. The van der Waals surface area contributed by atoms with Gasteiger partial charge in [-0.05, 0) is 18.1 Å². The van der Waals surface area contributed by atoms with Gasteiger partial charge in [0.25, 0.3) is 0 Å². The van der Waals surface area contributed by atoms with Crippen molar-refractivity contribution in [2.24, 2.45) is 11.7 Å². The van der Waals surface area contributed by atoms with E-state index in [1.165, 1.54) is 25.4 Å². The molecule has 21 heavy (non-hydrogen) atoms. The first-order valence-electron chi connectivity index (χ1n) is 6.05. The standard InChI is InChI=1S/C12H17N3O4S2/c1-7(2)9(12(16)19-3)15-21(17,18)8-5-4-6-14-10(8)11(13)20/h4-7,9,15H,1-3H3,(H2,13,20). The van der Waals surface area contributed by atoms with E-state index in [4.69, 9.17) is 18.0 Å². The summed E-state index contributed by atoms with van der Waals surface area (Å²) < 4.78 is 31.7. The minimum Gasteiger partial charge on any atom is -0.468 e. The van der Waals surface area contributed by atoms with Crippen LogP contribution in [0.5, 0.6) is 0 Å². The fourth-order valence-electron chi connectivity index (χ4n) is 1.61. The van der Waals surface area contributed by atoms with Crippen molar-refractivity contribution in [3.8, 4) is 0 Å². The van der Waals surface area contributed by atoms with Crippen molar-refractivity contribution in [2.45, 2.75) is 24.8 Å². The molecular formula is C12H17N3O4S2. The van der Waals surface area contributed by atoms with Crippen LogP contribution in [0.1, 0.15) is 19.5 Å². The topological polar surface area (TPSA) is 111 Å². The molecule has 1 heterocycles. The van der Waals surface area contributed by atoms with Crippen LogP contribution in [0.15, 0.2) is 23.2 Å². The molecule has 0 aromatic carbocycles. The van der Waals surface area contributed by atoms with Gasteiger partial charge < -0.3 is 10.5 Å². The molecule has 0 saturated heterocycles. The number of hydrogen-bond acceptors (Lipinski definition) is 6. The average Bonchev–Trinajstić information content (AvgIpc) is 2.43. The molecule has 0 saturated carbocycles. The predicted molar refractivity (Wildman–Crippen MR) is 81.1 cm³/mol. The van der Waals surface area contributed by atoms with Crippen molar-refractivity contribution in [1.82, 2.24) is 9.71 Å². The lowest BCUT2D eigenvalue weighted by molar-refractivity contribution is -0.143. The summed E-state index contributed by atoms with van der Waals surface area (Å²) in [6.07, 6.45) is 1.38. The van der Waals surface area contributed by atoms with Gasteiger partial charge in [0.2, 0.25) is 10.0 Å². The van der Waals surface area contributed by atoms with E-state index in [0.29, 0.717) is 0 Å². The quantitative estimate of drug-likeness (QED) is 0.565. The molecule has 0 spiro atoms. The summed E-state index contributed by atoms with van der Waals surface area (Å²) >= 11 is 4.79. The minimum atomic E-state index is -4.02. The lowest BCUT2D eigenvalue weighted by Crippen LogP contribution is -2.45. The van der Waals surface area contributed by atoms with E-state index in [0.717, 1.165) is 0 Å². The maximum absolute atomic E-state index is 12.4. The molecule has 0 aliphatic heterocycles.